The molecule has 18 heavy (non-hydrogen) atoms. The highest BCUT2D eigenvalue weighted by Gasteiger charge is 2.37. The predicted molar refractivity (Wildman–Crippen MR) is 57.5 cm³/mol. The summed E-state index contributed by atoms with van der Waals surface area (Å²) < 4.78 is 60.3. The standard InChI is InChI=1S/C9H10F3N3O2S/c10-9(11,12)7-6(13)3-14-8(15-7)5-1-2-18(16,17)4-5/h3,5H,1-2,4,13H2. The molecule has 2 rings (SSSR count). The fraction of sp³-hybridized carbons (Fsp3) is 0.556. The molecule has 1 aromatic rings. The van der Waals surface area contributed by atoms with Gasteiger partial charge < -0.3 is 5.73 Å². The molecule has 5 nitrogen and oxygen atoms in total. The second-order valence-corrected chi connectivity index (χ2v) is 6.36. The molecule has 0 amide bonds. The smallest absolute Gasteiger partial charge is 0.396 e. The van der Waals surface area contributed by atoms with Crippen molar-refractivity contribution in [3.63, 3.8) is 0 Å². The number of sulfone groups is 1. The normalized spacial score (nSPS) is 23.2. The van der Waals surface area contributed by atoms with E-state index in [9.17, 15) is 21.6 Å². The van der Waals surface area contributed by atoms with Crippen LogP contribution in [0, 0.1) is 0 Å². The van der Waals surface area contributed by atoms with Crippen LogP contribution in [0.5, 0.6) is 0 Å². The molecule has 1 saturated heterocycles. The van der Waals surface area contributed by atoms with Gasteiger partial charge in [-0.15, -0.1) is 0 Å². The average Bonchev–Trinajstić information content (AvgIpc) is 2.58. The van der Waals surface area contributed by atoms with E-state index < -0.39 is 33.3 Å². The first kappa shape index (κ1) is 13.1. The van der Waals surface area contributed by atoms with Crippen molar-refractivity contribution in [2.45, 2.75) is 18.5 Å². The van der Waals surface area contributed by atoms with Crippen LogP contribution in [0.4, 0.5) is 18.9 Å². The van der Waals surface area contributed by atoms with Crippen molar-refractivity contribution < 1.29 is 21.6 Å². The van der Waals surface area contributed by atoms with Crippen LogP contribution in [-0.2, 0) is 16.0 Å². The van der Waals surface area contributed by atoms with Gasteiger partial charge in [0.1, 0.15) is 5.82 Å². The lowest BCUT2D eigenvalue weighted by atomic mass is 10.1. The van der Waals surface area contributed by atoms with Crippen LogP contribution in [0.2, 0.25) is 0 Å². The lowest BCUT2D eigenvalue weighted by Crippen LogP contribution is -2.16. The van der Waals surface area contributed by atoms with Crippen LogP contribution >= 0.6 is 0 Å². The molecule has 0 spiro atoms. The SMILES string of the molecule is Nc1cnc(C2CCS(=O)(=O)C2)nc1C(F)(F)F. The topological polar surface area (TPSA) is 85.9 Å². The maximum absolute atomic E-state index is 12.6. The van der Waals surface area contributed by atoms with Crippen molar-refractivity contribution in [3.05, 3.63) is 17.7 Å². The zero-order valence-electron chi connectivity index (χ0n) is 9.11. The molecule has 1 aromatic heterocycles. The minimum absolute atomic E-state index is 0.0489. The fourth-order valence-electron chi connectivity index (χ4n) is 1.83. The summed E-state index contributed by atoms with van der Waals surface area (Å²) in [6.45, 7) is 0. The van der Waals surface area contributed by atoms with E-state index in [0.717, 1.165) is 6.20 Å². The van der Waals surface area contributed by atoms with Gasteiger partial charge in [0.05, 0.1) is 23.4 Å². The van der Waals surface area contributed by atoms with E-state index in [1.165, 1.54) is 0 Å². The molecule has 0 radical (unpaired) electrons. The Balaban J connectivity index is 2.37. The third-order valence-electron chi connectivity index (χ3n) is 2.70. The van der Waals surface area contributed by atoms with Gasteiger partial charge in [0, 0.05) is 5.92 Å². The molecule has 0 bridgehead atoms. The number of nitrogens with zero attached hydrogens (tertiary/aromatic N) is 2. The quantitative estimate of drug-likeness (QED) is 0.829. The number of rotatable bonds is 1. The largest absolute Gasteiger partial charge is 0.435 e. The first-order valence-corrected chi connectivity index (χ1v) is 6.91. The summed E-state index contributed by atoms with van der Waals surface area (Å²) in [6, 6.07) is 0. The van der Waals surface area contributed by atoms with Crippen LogP contribution in [0.25, 0.3) is 0 Å². The van der Waals surface area contributed by atoms with Crippen molar-refractivity contribution >= 4 is 15.5 Å². The van der Waals surface area contributed by atoms with Crippen LogP contribution in [-0.4, -0.2) is 29.9 Å². The number of anilines is 1. The predicted octanol–water partition coefficient (Wildman–Crippen LogP) is 0.980. The molecule has 1 aliphatic heterocycles. The summed E-state index contributed by atoms with van der Waals surface area (Å²) >= 11 is 0. The van der Waals surface area contributed by atoms with Gasteiger partial charge in [-0.2, -0.15) is 13.2 Å². The summed E-state index contributed by atoms with van der Waals surface area (Å²) in [6.07, 6.45) is -3.56. The van der Waals surface area contributed by atoms with E-state index in [4.69, 9.17) is 5.73 Å². The van der Waals surface area contributed by atoms with Crippen LogP contribution in [0.3, 0.4) is 0 Å². The third-order valence-corrected chi connectivity index (χ3v) is 4.47. The second-order valence-electron chi connectivity index (χ2n) is 4.13. The van der Waals surface area contributed by atoms with Crippen molar-refractivity contribution in [3.8, 4) is 0 Å². The minimum Gasteiger partial charge on any atom is -0.396 e. The lowest BCUT2D eigenvalue weighted by molar-refractivity contribution is -0.140. The fourth-order valence-corrected chi connectivity index (χ4v) is 3.57. The van der Waals surface area contributed by atoms with E-state index in [1.807, 2.05) is 0 Å². The number of nitrogens with two attached hydrogens (primary N) is 1. The van der Waals surface area contributed by atoms with E-state index in [2.05, 4.69) is 9.97 Å². The van der Waals surface area contributed by atoms with Crippen molar-refractivity contribution in [2.75, 3.05) is 17.2 Å². The minimum atomic E-state index is -4.67. The van der Waals surface area contributed by atoms with Gasteiger partial charge in [-0.05, 0) is 6.42 Å². The highest BCUT2D eigenvalue weighted by Crippen LogP contribution is 2.33. The lowest BCUT2D eigenvalue weighted by Gasteiger charge is -2.12. The molecule has 2 N–H and O–H groups in total. The van der Waals surface area contributed by atoms with Gasteiger partial charge >= 0.3 is 6.18 Å². The molecule has 1 fully saturated rings. The second kappa shape index (κ2) is 4.08. The number of aromatic nitrogens is 2. The molecule has 100 valence electrons. The summed E-state index contributed by atoms with van der Waals surface area (Å²) in [5, 5.41) is 0. The number of hydrogen-bond donors (Lipinski definition) is 1. The molecule has 9 heteroatoms. The Kier molecular flexibility index (Phi) is 2.96. The average molecular weight is 281 g/mol. The van der Waals surface area contributed by atoms with E-state index >= 15 is 0 Å². The van der Waals surface area contributed by atoms with Gasteiger partial charge in [-0.3, -0.25) is 0 Å². The zero-order valence-corrected chi connectivity index (χ0v) is 9.92. The van der Waals surface area contributed by atoms with E-state index in [-0.39, 0.29) is 23.8 Å². The number of alkyl halides is 3. The Labute approximate surface area is 101 Å². The Hall–Kier alpha value is -1.38. The Morgan fingerprint density at radius 3 is 2.56 bits per heavy atom. The molecule has 0 saturated carbocycles. The summed E-state index contributed by atoms with van der Waals surface area (Å²) in [5.41, 5.74) is 3.39. The van der Waals surface area contributed by atoms with Crippen molar-refractivity contribution in [1.29, 1.82) is 0 Å². The molecule has 2 heterocycles. The van der Waals surface area contributed by atoms with Gasteiger partial charge in [0.15, 0.2) is 15.5 Å². The summed E-state index contributed by atoms with van der Waals surface area (Å²) in [5.74, 6) is -0.963. The monoisotopic (exact) mass is 281 g/mol. The van der Waals surface area contributed by atoms with Crippen LogP contribution in [0.15, 0.2) is 6.20 Å². The molecule has 1 aliphatic rings. The Bertz CT molecular complexity index is 571. The molecule has 0 aromatic carbocycles. The van der Waals surface area contributed by atoms with Crippen molar-refractivity contribution in [2.24, 2.45) is 0 Å². The zero-order chi connectivity index (χ0) is 13.6. The number of nitrogen functional groups attached to an aromatic ring is 1. The van der Waals surface area contributed by atoms with Gasteiger partial charge in [-0.25, -0.2) is 18.4 Å². The molecular formula is C9H10F3N3O2S. The molecule has 0 aliphatic carbocycles. The van der Waals surface area contributed by atoms with Crippen LogP contribution in [0.1, 0.15) is 23.9 Å². The summed E-state index contributed by atoms with van der Waals surface area (Å²) in [7, 11) is -3.19. The third kappa shape index (κ3) is 2.55. The van der Waals surface area contributed by atoms with E-state index in [0.29, 0.717) is 0 Å². The maximum Gasteiger partial charge on any atom is 0.435 e. The first-order valence-electron chi connectivity index (χ1n) is 5.09. The van der Waals surface area contributed by atoms with Gasteiger partial charge in [0.2, 0.25) is 0 Å². The molecule has 1 atom stereocenters. The first-order chi connectivity index (χ1) is 8.19. The Morgan fingerprint density at radius 1 is 1.39 bits per heavy atom. The maximum atomic E-state index is 12.6. The number of hydrogen-bond acceptors (Lipinski definition) is 5. The van der Waals surface area contributed by atoms with Crippen LogP contribution < -0.4 is 5.73 Å². The van der Waals surface area contributed by atoms with E-state index in [1.54, 1.807) is 0 Å². The van der Waals surface area contributed by atoms with Gasteiger partial charge in [0.25, 0.3) is 0 Å². The highest BCUT2D eigenvalue weighted by molar-refractivity contribution is 7.91. The molecule has 1 unspecified atom stereocenters. The van der Waals surface area contributed by atoms with Crippen molar-refractivity contribution in [1.82, 2.24) is 9.97 Å². The van der Waals surface area contributed by atoms with Gasteiger partial charge in [-0.1, -0.05) is 0 Å². The highest BCUT2D eigenvalue weighted by atomic mass is 32.2. The number of halogens is 3. The summed E-state index contributed by atoms with van der Waals surface area (Å²) in [4.78, 5) is 7.06. The molecular weight excluding hydrogens is 271 g/mol. The Morgan fingerprint density at radius 2 is 2.06 bits per heavy atom.